The Labute approximate surface area is 269 Å². The van der Waals surface area contributed by atoms with Crippen LogP contribution in [0.3, 0.4) is 0 Å². The molecular weight excluding hydrogens is 588 g/mol. The van der Waals surface area contributed by atoms with Gasteiger partial charge in [-0.3, -0.25) is 14.4 Å². The lowest BCUT2D eigenvalue weighted by atomic mass is 9.61. The largest absolute Gasteiger partial charge is 0.462 e. The molecule has 0 saturated heterocycles. The molecule has 2 atom stereocenters. The highest BCUT2D eigenvalue weighted by atomic mass is 35.5. The van der Waals surface area contributed by atoms with Gasteiger partial charge in [-0.1, -0.05) is 90.5 Å². The Kier molecular flexibility index (Phi) is 9.09. The van der Waals surface area contributed by atoms with Gasteiger partial charge < -0.3 is 14.2 Å². The molecule has 0 fully saturated rings. The van der Waals surface area contributed by atoms with Crippen molar-refractivity contribution in [2.45, 2.75) is 83.0 Å². The molecular formula is C38H39ClO6. The van der Waals surface area contributed by atoms with Gasteiger partial charge >= 0.3 is 17.9 Å². The molecule has 4 aromatic carbocycles. The molecule has 0 aliphatic heterocycles. The van der Waals surface area contributed by atoms with E-state index in [9.17, 15) is 14.4 Å². The zero-order chi connectivity index (χ0) is 32.5. The fourth-order valence-corrected chi connectivity index (χ4v) is 6.96. The Morgan fingerprint density at radius 3 is 1.80 bits per heavy atom. The Balaban J connectivity index is 1.92. The van der Waals surface area contributed by atoms with Crippen molar-refractivity contribution in [3.05, 3.63) is 118 Å². The predicted molar refractivity (Wildman–Crippen MR) is 175 cm³/mol. The second-order valence-electron chi connectivity index (χ2n) is 12.5. The number of hydrogen-bond acceptors (Lipinski definition) is 6. The van der Waals surface area contributed by atoms with E-state index in [1.54, 1.807) is 77.9 Å². The summed E-state index contributed by atoms with van der Waals surface area (Å²) in [6.45, 7) is 10.5. The second-order valence-corrected chi connectivity index (χ2v) is 13.0. The van der Waals surface area contributed by atoms with E-state index in [2.05, 4.69) is 0 Å². The van der Waals surface area contributed by atoms with Gasteiger partial charge in [-0.15, -0.1) is 0 Å². The summed E-state index contributed by atoms with van der Waals surface area (Å²) in [6.07, 6.45) is -1.44. The van der Waals surface area contributed by atoms with Crippen LogP contribution in [-0.2, 0) is 45.8 Å². The number of carbonyl (C=O) groups is 3. The smallest absolute Gasteiger partial charge is 0.329 e. The van der Waals surface area contributed by atoms with Crippen LogP contribution >= 0.6 is 11.6 Å². The standard InChI is InChI=1S/C38H39ClO6/c1-23(2)43-34(40)37(22-26-18-19-27-12-7-8-13-28(27)20-26)31-16-9-10-17-32(31)38(35(41)44-24(3)4,36(42)45-25(5)6)33(37)29-14-11-15-30(39)21-29/h7-21,23-25,33H,22H2,1-6H3/t33-,37-/m1/s1. The van der Waals surface area contributed by atoms with Gasteiger partial charge in [0.15, 0.2) is 5.41 Å². The van der Waals surface area contributed by atoms with Crippen LogP contribution in [0, 0.1) is 0 Å². The molecule has 7 heteroatoms. The summed E-state index contributed by atoms with van der Waals surface area (Å²) in [6, 6.07) is 28.1. The third-order valence-electron chi connectivity index (χ3n) is 8.27. The molecule has 0 radical (unpaired) electrons. The number of esters is 3. The molecule has 6 nitrogen and oxygen atoms in total. The van der Waals surface area contributed by atoms with E-state index in [1.807, 2.05) is 54.6 Å². The molecule has 1 aliphatic rings. The van der Waals surface area contributed by atoms with Crippen molar-refractivity contribution in [1.82, 2.24) is 0 Å². The lowest BCUT2D eigenvalue weighted by Gasteiger charge is -2.41. The summed E-state index contributed by atoms with van der Waals surface area (Å²) in [7, 11) is 0. The molecule has 45 heavy (non-hydrogen) atoms. The van der Waals surface area contributed by atoms with Crippen molar-refractivity contribution in [2.24, 2.45) is 0 Å². The molecule has 0 N–H and O–H groups in total. The van der Waals surface area contributed by atoms with E-state index >= 15 is 0 Å². The van der Waals surface area contributed by atoms with E-state index in [4.69, 9.17) is 25.8 Å². The fourth-order valence-electron chi connectivity index (χ4n) is 6.76. The van der Waals surface area contributed by atoms with E-state index in [0.717, 1.165) is 16.3 Å². The molecule has 0 bridgehead atoms. The average Bonchev–Trinajstić information content (AvgIpc) is 3.24. The van der Waals surface area contributed by atoms with Crippen LogP contribution in [0.5, 0.6) is 0 Å². The summed E-state index contributed by atoms with van der Waals surface area (Å²) >= 11 is 6.59. The van der Waals surface area contributed by atoms with Gasteiger partial charge in [0.2, 0.25) is 0 Å². The highest BCUT2D eigenvalue weighted by Gasteiger charge is 2.72. The number of ether oxygens (including phenoxy) is 3. The van der Waals surface area contributed by atoms with Crippen LogP contribution in [-0.4, -0.2) is 36.2 Å². The Morgan fingerprint density at radius 2 is 1.20 bits per heavy atom. The number of benzene rings is 4. The predicted octanol–water partition coefficient (Wildman–Crippen LogP) is 7.86. The number of rotatable bonds is 9. The van der Waals surface area contributed by atoms with Crippen molar-refractivity contribution in [1.29, 1.82) is 0 Å². The van der Waals surface area contributed by atoms with Crippen molar-refractivity contribution < 1.29 is 28.6 Å². The molecule has 0 unspecified atom stereocenters. The van der Waals surface area contributed by atoms with Gasteiger partial charge in [0.05, 0.1) is 18.3 Å². The van der Waals surface area contributed by atoms with Crippen LogP contribution in [0.4, 0.5) is 0 Å². The number of hydrogen-bond donors (Lipinski definition) is 0. The summed E-state index contributed by atoms with van der Waals surface area (Å²) in [5.41, 5.74) is -1.39. The first-order valence-corrected chi connectivity index (χ1v) is 15.8. The first kappa shape index (κ1) is 32.2. The van der Waals surface area contributed by atoms with Crippen LogP contribution in [0.2, 0.25) is 5.02 Å². The Morgan fingerprint density at radius 1 is 0.644 bits per heavy atom. The highest BCUT2D eigenvalue weighted by Crippen LogP contribution is 2.62. The zero-order valence-corrected chi connectivity index (χ0v) is 27.3. The molecule has 5 rings (SSSR count). The Bertz CT molecular complexity index is 1720. The van der Waals surface area contributed by atoms with E-state index in [0.29, 0.717) is 21.7 Å². The lowest BCUT2D eigenvalue weighted by Crippen LogP contribution is -2.55. The minimum absolute atomic E-state index is 0.128. The highest BCUT2D eigenvalue weighted by molar-refractivity contribution is 6.30. The van der Waals surface area contributed by atoms with Crippen LogP contribution in [0.1, 0.15) is 69.7 Å². The first-order chi connectivity index (χ1) is 21.4. The van der Waals surface area contributed by atoms with Crippen molar-refractivity contribution >= 4 is 40.3 Å². The number of carbonyl (C=O) groups excluding carboxylic acids is 3. The molecule has 1 aliphatic carbocycles. The molecule has 0 aromatic heterocycles. The summed E-state index contributed by atoms with van der Waals surface area (Å²) in [5, 5.41) is 2.44. The van der Waals surface area contributed by atoms with Gasteiger partial charge in [0, 0.05) is 10.9 Å². The zero-order valence-electron chi connectivity index (χ0n) is 26.5. The number of halogens is 1. The first-order valence-electron chi connectivity index (χ1n) is 15.4. The maximum absolute atomic E-state index is 14.9. The lowest BCUT2D eigenvalue weighted by molar-refractivity contribution is -0.173. The molecule has 4 aromatic rings. The van der Waals surface area contributed by atoms with Crippen LogP contribution in [0.25, 0.3) is 10.8 Å². The minimum atomic E-state index is -2.05. The Hall–Kier alpha value is -4.16. The van der Waals surface area contributed by atoms with Crippen LogP contribution in [0.15, 0.2) is 91.0 Å². The normalized spacial score (nSPS) is 18.7. The monoisotopic (exact) mass is 626 g/mol. The third kappa shape index (κ3) is 5.72. The van der Waals surface area contributed by atoms with E-state index in [-0.39, 0.29) is 6.42 Å². The molecule has 0 heterocycles. The molecule has 234 valence electrons. The van der Waals surface area contributed by atoms with Gasteiger partial charge in [0.25, 0.3) is 0 Å². The van der Waals surface area contributed by atoms with Gasteiger partial charge in [-0.25, -0.2) is 0 Å². The summed E-state index contributed by atoms with van der Waals surface area (Å²) in [5.74, 6) is -3.27. The van der Waals surface area contributed by atoms with Gasteiger partial charge in [-0.2, -0.15) is 0 Å². The minimum Gasteiger partial charge on any atom is -0.462 e. The van der Waals surface area contributed by atoms with Crippen LogP contribution < -0.4 is 0 Å². The number of fused-ring (bicyclic) bond motifs is 2. The summed E-state index contributed by atoms with van der Waals surface area (Å²) < 4.78 is 17.9. The summed E-state index contributed by atoms with van der Waals surface area (Å²) in [4.78, 5) is 44.3. The SMILES string of the molecule is CC(C)OC(=O)C1(C(=O)OC(C)C)c2ccccc2[C@@](Cc2ccc3ccccc3c2)(C(=O)OC(C)C)[C@H]1c1cccc(Cl)c1. The third-order valence-corrected chi connectivity index (χ3v) is 8.51. The topological polar surface area (TPSA) is 78.9 Å². The van der Waals surface area contributed by atoms with Crippen molar-refractivity contribution in [3.63, 3.8) is 0 Å². The van der Waals surface area contributed by atoms with Gasteiger partial charge in [0.1, 0.15) is 5.41 Å². The van der Waals surface area contributed by atoms with E-state index < -0.39 is 53.0 Å². The molecule has 0 amide bonds. The van der Waals surface area contributed by atoms with Gasteiger partial charge in [-0.05, 0) is 93.1 Å². The second kappa shape index (κ2) is 12.7. The van der Waals surface area contributed by atoms with Crippen molar-refractivity contribution in [2.75, 3.05) is 0 Å². The average molecular weight is 627 g/mol. The molecule has 0 spiro atoms. The quantitative estimate of drug-likeness (QED) is 0.107. The van der Waals surface area contributed by atoms with E-state index in [1.165, 1.54) is 0 Å². The van der Waals surface area contributed by atoms with Crippen molar-refractivity contribution in [3.8, 4) is 0 Å². The fraction of sp³-hybridized carbons (Fsp3) is 0.342. The molecule has 0 saturated carbocycles. The maximum atomic E-state index is 14.9. The maximum Gasteiger partial charge on any atom is 0.329 e.